The zero-order valence-electron chi connectivity index (χ0n) is 78.5. The first kappa shape index (κ1) is 98.7. The second kappa shape index (κ2) is 43.6. The SMILES string of the molecule is CC(=O)Oc1cc(C)cc(OC(C)=O)c1[C@@H]1C2OC2(C)CC[C@H]1C(C)C.CC(C)=CCCC(C)[C@@H]1CCC(C)=C[C@H]1c1c(O)cc(C)cc1O.CCCCC(C)(C)c1cc(O)c([C@@H]2C=C(C)CC[C@H]2C(C)C)c(O)c1.CCCCC(C)C(C)c1cc(O)c([C@@H]2C=C(C)CC[C@H]2C(C)C)c(O)c1.Cc1cc(O)c(-c2cc(C)ccc2C(C)C)c(O)c1. The Morgan fingerprint density at radius 3 is 1.34 bits per heavy atom. The van der Waals surface area contributed by atoms with Crippen molar-refractivity contribution in [2.24, 2.45) is 53.3 Å². The first-order valence-electron chi connectivity index (χ1n) is 45.4. The molecule has 13 atom stereocenters. The van der Waals surface area contributed by atoms with Gasteiger partial charge >= 0.3 is 11.9 Å². The van der Waals surface area contributed by atoms with Gasteiger partial charge in [0.25, 0.3) is 0 Å². The van der Waals surface area contributed by atoms with Gasteiger partial charge < -0.3 is 55.1 Å². The molecule has 0 radical (unpaired) electrons. The predicted molar refractivity (Wildman–Crippen MR) is 495 cm³/mol. The van der Waals surface area contributed by atoms with Crippen LogP contribution in [-0.2, 0) is 19.7 Å². The van der Waals surface area contributed by atoms with Gasteiger partial charge in [-0.15, -0.1) is 0 Å². The third-order valence-electron chi connectivity index (χ3n) is 26.9. The molecule has 0 amide bonds. The fourth-order valence-corrected chi connectivity index (χ4v) is 19.5. The zero-order chi connectivity index (χ0) is 89.4. The number of hydrogen-bond donors (Lipinski definition) is 8. The van der Waals surface area contributed by atoms with Crippen LogP contribution >= 0.6 is 0 Å². The summed E-state index contributed by atoms with van der Waals surface area (Å²) in [5.74, 6) is 7.21. The fourth-order valence-electron chi connectivity index (χ4n) is 19.5. The summed E-state index contributed by atoms with van der Waals surface area (Å²) in [6.45, 7) is 56.5. The number of phenolic OH excluding ortho intramolecular Hbond substituents is 8. The van der Waals surface area contributed by atoms with Gasteiger partial charge in [0, 0.05) is 59.8 Å². The largest absolute Gasteiger partial charge is 0.507 e. The van der Waals surface area contributed by atoms with Crippen LogP contribution in [-0.4, -0.2) is 64.5 Å². The third kappa shape index (κ3) is 25.8. The van der Waals surface area contributed by atoms with Gasteiger partial charge in [-0.3, -0.25) is 9.59 Å². The number of carbonyl (C=O) groups excluding carboxylic acids is 2. The molecule has 4 aliphatic carbocycles. The molecular weight excluding hydrogens is 1490 g/mol. The van der Waals surface area contributed by atoms with E-state index in [0.29, 0.717) is 93.3 Å². The maximum atomic E-state index is 11.7. The van der Waals surface area contributed by atoms with Crippen molar-refractivity contribution in [2.75, 3.05) is 0 Å². The van der Waals surface area contributed by atoms with Gasteiger partial charge in [0.15, 0.2) is 0 Å². The van der Waals surface area contributed by atoms with E-state index in [9.17, 15) is 50.4 Å². The second-order valence-electron chi connectivity index (χ2n) is 39.2. The van der Waals surface area contributed by atoms with Gasteiger partial charge in [-0.05, 0) is 310 Å². The van der Waals surface area contributed by atoms with Gasteiger partial charge in [-0.1, -0.05) is 206 Å². The Hall–Kier alpha value is -8.42. The number of aryl methyl sites for hydroxylation is 4. The number of esters is 2. The first-order valence-corrected chi connectivity index (χ1v) is 45.4. The fraction of sp³-hybridized carbons (Fsp3) is 0.570. The molecule has 1 saturated heterocycles. The number of rotatable bonds is 24. The minimum absolute atomic E-state index is 0.0260. The summed E-state index contributed by atoms with van der Waals surface area (Å²) in [6.07, 6.45) is 27.1. The molecule has 5 aliphatic rings. The molecule has 1 heterocycles. The lowest BCUT2D eigenvalue weighted by Crippen LogP contribution is -2.33. The molecular formula is C107H154O13. The summed E-state index contributed by atoms with van der Waals surface area (Å²) in [5.41, 5.74) is 16.5. The average Bonchev–Trinajstić information content (AvgIpc) is 1.55. The van der Waals surface area contributed by atoms with Gasteiger partial charge in [0.05, 0.1) is 17.3 Å². The Labute approximate surface area is 723 Å². The molecule has 0 bridgehead atoms. The van der Waals surface area contributed by atoms with Crippen molar-refractivity contribution in [3.05, 3.63) is 187 Å². The minimum atomic E-state index is -0.387. The smallest absolute Gasteiger partial charge is 0.308 e. The van der Waals surface area contributed by atoms with E-state index >= 15 is 0 Å². The summed E-state index contributed by atoms with van der Waals surface area (Å²) >= 11 is 0. The van der Waals surface area contributed by atoms with E-state index in [-0.39, 0.29) is 98.7 Å². The number of carbonyl (C=O) groups is 2. The zero-order valence-corrected chi connectivity index (χ0v) is 78.5. The number of unbranched alkanes of at least 4 members (excludes halogenated alkanes) is 2. The lowest BCUT2D eigenvalue weighted by atomic mass is 9.67. The van der Waals surface area contributed by atoms with Crippen LogP contribution in [0.4, 0.5) is 0 Å². The van der Waals surface area contributed by atoms with E-state index in [0.717, 1.165) is 139 Å². The van der Waals surface area contributed by atoms with Gasteiger partial charge in [0.2, 0.25) is 0 Å². The number of hydrogen-bond acceptors (Lipinski definition) is 13. The van der Waals surface area contributed by atoms with Crippen LogP contribution in [0.5, 0.6) is 57.5 Å². The van der Waals surface area contributed by atoms with Crippen molar-refractivity contribution in [2.45, 2.75) is 342 Å². The van der Waals surface area contributed by atoms with E-state index < -0.39 is 0 Å². The van der Waals surface area contributed by atoms with Crippen LogP contribution in [0.3, 0.4) is 0 Å². The van der Waals surface area contributed by atoms with Crippen LogP contribution < -0.4 is 9.47 Å². The molecule has 0 aromatic heterocycles. The first-order chi connectivity index (χ1) is 56.2. The molecule has 5 unspecified atom stereocenters. The summed E-state index contributed by atoms with van der Waals surface area (Å²) in [5, 5.41) is 84.5. The predicted octanol–water partition coefficient (Wildman–Crippen LogP) is 28.7. The van der Waals surface area contributed by atoms with E-state index in [1.54, 1.807) is 24.3 Å². The maximum Gasteiger partial charge on any atom is 0.308 e. The Morgan fingerprint density at radius 1 is 0.500 bits per heavy atom. The number of allylic oxidation sites excluding steroid dienone is 8. The summed E-state index contributed by atoms with van der Waals surface area (Å²) < 4.78 is 17.2. The molecule has 6 aromatic rings. The molecule has 660 valence electrons. The molecule has 8 N–H and O–H groups in total. The van der Waals surface area contributed by atoms with Crippen LogP contribution in [0.25, 0.3) is 11.1 Å². The summed E-state index contributed by atoms with van der Waals surface area (Å²) in [7, 11) is 0. The quantitative estimate of drug-likeness (QED) is 0.0122. The molecule has 120 heavy (non-hydrogen) atoms. The number of aromatic hydroxyl groups is 8. The normalized spacial score (nSPS) is 22.1. The third-order valence-corrected chi connectivity index (χ3v) is 26.9. The lowest BCUT2D eigenvalue weighted by Gasteiger charge is -2.35. The number of benzene rings is 6. The van der Waals surface area contributed by atoms with E-state index in [2.05, 4.69) is 182 Å². The highest BCUT2D eigenvalue weighted by Gasteiger charge is 2.62. The van der Waals surface area contributed by atoms with E-state index in [1.807, 2.05) is 70.2 Å². The Kier molecular flexibility index (Phi) is 35.8. The summed E-state index contributed by atoms with van der Waals surface area (Å²) in [4.78, 5) is 23.4. The van der Waals surface area contributed by atoms with Crippen LogP contribution in [0.1, 0.15) is 359 Å². The van der Waals surface area contributed by atoms with Crippen LogP contribution in [0.15, 0.2) is 125 Å². The Balaban J connectivity index is 0.000000207. The molecule has 1 saturated carbocycles. The van der Waals surface area contributed by atoms with Crippen molar-refractivity contribution in [1.29, 1.82) is 0 Å². The van der Waals surface area contributed by atoms with Crippen molar-refractivity contribution in [1.82, 2.24) is 0 Å². The molecule has 0 spiro atoms. The molecule has 13 heteroatoms. The molecule has 13 nitrogen and oxygen atoms in total. The van der Waals surface area contributed by atoms with E-state index in [4.69, 9.17) is 14.2 Å². The van der Waals surface area contributed by atoms with Crippen molar-refractivity contribution >= 4 is 11.9 Å². The van der Waals surface area contributed by atoms with Crippen molar-refractivity contribution < 1.29 is 64.7 Å². The Morgan fingerprint density at radius 2 is 0.917 bits per heavy atom. The molecule has 6 aromatic carbocycles. The minimum Gasteiger partial charge on any atom is -0.507 e. The topological polar surface area (TPSA) is 227 Å². The van der Waals surface area contributed by atoms with E-state index in [1.165, 1.54) is 55.4 Å². The average molecular weight is 1650 g/mol. The number of epoxide rings is 1. The second-order valence-corrected chi connectivity index (χ2v) is 39.2. The summed E-state index contributed by atoms with van der Waals surface area (Å²) in [6, 6.07) is 24.3. The Bertz CT molecular complexity index is 4440. The highest BCUT2D eigenvalue weighted by atomic mass is 16.6. The van der Waals surface area contributed by atoms with Crippen LogP contribution in [0, 0.1) is 81.0 Å². The number of phenols is 8. The molecule has 11 rings (SSSR count). The van der Waals surface area contributed by atoms with Gasteiger partial charge in [0.1, 0.15) is 57.5 Å². The van der Waals surface area contributed by atoms with Gasteiger partial charge in [-0.25, -0.2) is 0 Å². The van der Waals surface area contributed by atoms with Gasteiger partial charge in [-0.2, -0.15) is 0 Å². The lowest BCUT2D eigenvalue weighted by molar-refractivity contribution is -0.132. The van der Waals surface area contributed by atoms with Crippen molar-refractivity contribution in [3.63, 3.8) is 0 Å². The highest BCUT2D eigenvalue weighted by Crippen LogP contribution is 2.61. The maximum absolute atomic E-state index is 11.7. The number of ether oxygens (including phenoxy) is 3. The van der Waals surface area contributed by atoms with Crippen LogP contribution in [0.2, 0.25) is 0 Å². The molecule has 2 fully saturated rings. The molecule has 1 aliphatic heterocycles. The van der Waals surface area contributed by atoms with Crippen molar-refractivity contribution in [3.8, 4) is 68.6 Å². The number of fused-ring (bicyclic) bond motifs is 1. The standard InChI is InChI=1S/C24H38O2.C23H36O2.C22H32O2.C21H28O5.C17H20O2/c1-7-8-9-17(5)18(6)19-13-22(25)24(23(26)14-19)21-12-16(4)10-11-20(21)15(2)3;1-7-8-11-23(5,6)17-13-20(24)22(21(25)14-17)19-12-16(4)9-10-18(19)15(2)3;1-14(2)7-6-8-17(5)18-10-9-15(3)11-19(18)22-20(23)12-16(4)13-21(22)24;1-11(2)15-7-8-21(6)20(26-21)18(15)19-16(24-13(4)22)9-12(3)10-17(19)25-14(5)23;1-10(2)13-6-5-11(3)7-14(13)17-15(18)8-12(4)9-16(17)19/h12-15,17-18,20-21,25-26H,7-11H2,1-6H3;12-15,18-19,24-25H,7-11H2,1-6H3;7,11-13,17-19,23-24H,6,8-10H2,1-5H3;9-11,15,18,20H,7-8H2,1-6H3;5-10,18-19H,1-4H3/t17?,18?,20-,21+;18-,19+;17?,18-,19+;15-,18+,20?,21?;/m0000./s1. The highest BCUT2D eigenvalue weighted by molar-refractivity contribution is 5.80. The monoisotopic (exact) mass is 1650 g/mol.